The Labute approximate surface area is 141 Å². The van der Waals surface area contributed by atoms with Gasteiger partial charge in [0.2, 0.25) is 5.91 Å². The molecule has 2 aromatic rings. The van der Waals surface area contributed by atoms with Crippen molar-refractivity contribution in [2.24, 2.45) is 5.92 Å². The predicted octanol–water partition coefficient (Wildman–Crippen LogP) is 2.61. The maximum Gasteiger partial charge on any atom is 0.265 e. The Kier molecular flexibility index (Phi) is 3.53. The molecular weight excluding hydrogens is 324 g/mol. The number of rotatable bonds is 2. The van der Waals surface area contributed by atoms with E-state index in [1.165, 1.54) is 4.31 Å². The molecule has 0 radical (unpaired) electrons. The lowest BCUT2D eigenvalue weighted by Gasteiger charge is -2.32. The van der Waals surface area contributed by atoms with E-state index in [1.54, 1.807) is 23.1 Å². The molecule has 0 bridgehead atoms. The molecular formula is C18H20N2O3S. The van der Waals surface area contributed by atoms with Crippen LogP contribution in [0.3, 0.4) is 0 Å². The Hall–Kier alpha value is -2.08. The summed E-state index contributed by atoms with van der Waals surface area (Å²) in [4.78, 5) is 14.8. The molecule has 0 aliphatic carbocycles. The van der Waals surface area contributed by atoms with Crippen molar-refractivity contribution in [1.82, 2.24) is 4.90 Å². The average molecular weight is 344 g/mol. The highest BCUT2D eigenvalue weighted by molar-refractivity contribution is 7.93. The standard InChI is InChI=1S/C18H20N2O3S/c1-13-5-4-10-19(11-13)17(21)12-20-15-8-2-6-14-7-3-9-16(18(14)15)24(20,22)23/h2-3,6-9,13H,4-5,10-12H2,1H3/t13-/m1/s1. The maximum atomic E-state index is 12.9. The van der Waals surface area contributed by atoms with Crippen LogP contribution in [0.1, 0.15) is 19.8 Å². The molecule has 126 valence electrons. The monoisotopic (exact) mass is 344 g/mol. The van der Waals surface area contributed by atoms with Crippen molar-refractivity contribution in [3.05, 3.63) is 36.4 Å². The minimum atomic E-state index is -3.66. The van der Waals surface area contributed by atoms with Gasteiger partial charge in [0.1, 0.15) is 6.54 Å². The Morgan fingerprint density at radius 3 is 2.71 bits per heavy atom. The fourth-order valence-corrected chi connectivity index (χ4v) is 5.43. The zero-order valence-corrected chi connectivity index (χ0v) is 14.4. The summed E-state index contributed by atoms with van der Waals surface area (Å²) in [6, 6.07) is 10.8. The number of benzene rings is 2. The normalized spacial score (nSPS) is 22.1. The van der Waals surface area contributed by atoms with Crippen LogP contribution in [-0.4, -0.2) is 38.9 Å². The first-order chi connectivity index (χ1) is 11.5. The molecule has 1 atom stereocenters. The Bertz CT molecular complexity index is 918. The molecule has 0 aromatic heterocycles. The first-order valence-electron chi connectivity index (χ1n) is 8.31. The van der Waals surface area contributed by atoms with Gasteiger partial charge in [0.05, 0.1) is 10.6 Å². The molecule has 2 aliphatic heterocycles. The van der Waals surface area contributed by atoms with Crippen LogP contribution in [-0.2, 0) is 14.8 Å². The number of anilines is 1. The van der Waals surface area contributed by atoms with E-state index in [1.807, 2.05) is 18.2 Å². The van der Waals surface area contributed by atoms with E-state index in [0.717, 1.165) is 23.6 Å². The third kappa shape index (κ3) is 2.28. The topological polar surface area (TPSA) is 57.7 Å². The summed E-state index contributed by atoms with van der Waals surface area (Å²) < 4.78 is 27.1. The number of sulfonamides is 1. The molecule has 0 unspecified atom stereocenters. The minimum Gasteiger partial charge on any atom is -0.341 e. The van der Waals surface area contributed by atoms with Gasteiger partial charge in [-0.15, -0.1) is 0 Å². The van der Waals surface area contributed by atoms with Crippen molar-refractivity contribution >= 4 is 32.4 Å². The van der Waals surface area contributed by atoms with Crippen LogP contribution in [0.25, 0.3) is 10.8 Å². The molecule has 5 nitrogen and oxygen atoms in total. The van der Waals surface area contributed by atoms with Crippen LogP contribution in [0.4, 0.5) is 5.69 Å². The molecule has 1 saturated heterocycles. The zero-order chi connectivity index (χ0) is 16.9. The molecule has 2 aliphatic rings. The van der Waals surface area contributed by atoms with E-state index in [0.29, 0.717) is 29.6 Å². The Morgan fingerprint density at radius 1 is 1.21 bits per heavy atom. The third-order valence-electron chi connectivity index (χ3n) is 4.97. The molecule has 0 saturated carbocycles. The molecule has 1 amide bonds. The van der Waals surface area contributed by atoms with E-state index in [2.05, 4.69) is 6.92 Å². The van der Waals surface area contributed by atoms with Crippen molar-refractivity contribution in [2.45, 2.75) is 24.7 Å². The highest BCUT2D eigenvalue weighted by Gasteiger charge is 2.37. The predicted molar refractivity (Wildman–Crippen MR) is 93.5 cm³/mol. The number of carbonyl (C=O) groups is 1. The molecule has 24 heavy (non-hydrogen) atoms. The van der Waals surface area contributed by atoms with E-state index in [4.69, 9.17) is 0 Å². The smallest absolute Gasteiger partial charge is 0.265 e. The quantitative estimate of drug-likeness (QED) is 0.841. The molecule has 6 heteroatoms. The molecule has 0 N–H and O–H groups in total. The Morgan fingerprint density at radius 2 is 1.96 bits per heavy atom. The van der Waals surface area contributed by atoms with Crippen molar-refractivity contribution in [3.63, 3.8) is 0 Å². The van der Waals surface area contributed by atoms with Crippen molar-refractivity contribution in [2.75, 3.05) is 23.9 Å². The van der Waals surface area contributed by atoms with Gasteiger partial charge in [-0.3, -0.25) is 9.10 Å². The molecule has 0 spiro atoms. The summed E-state index contributed by atoms with van der Waals surface area (Å²) in [5.74, 6) is 0.355. The molecule has 4 rings (SSSR count). The second-order valence-electron chi connectivity index (χ2n) is 6.73. The summed E-state index contributed by atoms with van der Waals surface area (Å²) in [5, 5.41) is 1.61. The fourth-order valence-electron chi connectivity index (χ4n) is 3.77. The summed E-state index contributed by atoms with van der Waals surface area (Å²) in [5.41, 5.74) is 0.613. The van der Waals surface area contributed by atoms with Crippen LogP contribution in [0.5, 0.6) is 0 Å². The van der Waals surface area contributed by atoms with Crippen LogP contribution in [0.2, 0.25) is 0 Å². The molecule has 2 heterocycles. The number of carbonyl (C=O) groups excluding carboxylic acids is 1. The molecule has 1 fully saturated rings. The van der Waals surface area contributed by atoms with Crippen molar-refractivity contribution in [3.8, 4) is 0 Å². The third-order valence-corrected chi connectivity index (χ3v) is 6.77. The van der Waals surface area contributed by atoms with E-state index >= 15 is 0 Å². The summed E-state index contributed by atoms with van der Waals surface area (Å²) in [6.07, 6.45) is 2.10. The minimum absolute atomic E-state index is 0.116. The number of amides is 1. The van der Waals surface area contributed by atoms with Gasteiger partial charge in [-0.1, -0.05) is 31.2 Å². The fraction of sp³-hybridized carbons (Fsp3) is 0.389. The van der Waals surface area contributed by atoms with Gasteiger partial charge in [-0.2, -0.15) is 0 Å². The van der Waals surface area contributed by atoms with Gasteiger partial charge < -0.3 is 4.90 Å². The van der Waals surface area contributed by atoms with Gasteiger partial charge in [0.15, 0.2) is 0 Å². The first-order valence-corrected chi connectivity index (χ1v) is 9.75. The van der Waals surface area contributed by atoms with Crippen LogP contribution < -0.4 is 4.31 Å². The van der Waals surface area contributed by atoms with Gasteiger partial charge >= 0.3 is 0 Å². The molecule has 2 aromatic carbocycles. The number of hydrogen-bond acceptors (Lipinski definition) is 3. The largest absolute Gasteiger partial charge is 0.341 e. The highest BCUT2D eigenvalue weighted by Crippen LogP contribution is 2.41. The summed E-state index contributed by atoms with van der Waals surface area (Å²) >= 11 is 0. The van der Waals surface area contributed by atoms with Crippen LogP contribution in [0.15, 0.2) is 41.3 Å². The Balaban J connectivity index is 1.70. The number of likely N-dealkylation sites (tertiary alicyclic amines) is 1. The van der Waals surface area contributed by atoms with Crippen LogP contribution >= 0.6 is 0 Å². The van der Waals surface area contributed by atoms with Crippen molar-refractivity contribution in [1.29, 1.82) is 0 Å². The maximum absolute atomic E-state index is 12.9. The van der Waals surface area contributed by atoms with Gasteiger partial charge in [0, 0.05) is 18.5 Å². The first kappa shape index (κ1) is 15.4. The van der Waals surface area contributed by atoms with Gasteiger partial charge in [-0.25, -0.2) is 8.42 Å². The van der Waals surface area contributed by atoms with Crippen LogP contribution in [0, 0.1) is 5.92 Å². The van der Waals surface area contributed by atoms with E-state index in [9.17, 15) is 13.2 Å². The second kappa shape index (κ2) is 5.48. The lowest BCUT2D eigenvalue weighted by molar-refractivity contribution is -0.131. The average Bonchev–Trinajstić information content (AvgIpc) is 2.78. The number of nitrogens with zero attached hydrogens (tertiary/aromatic N) is 2. The van der Waals surface area contributed by atoms with Crippen molar-refractivity contribution < 1.29 is 13.2 Å². The number of piperidine rings is 1. The zero-order valence-electron chi connectivity index (χ0n) is 13.6. The summed E-state index contributed by atoms with van der Waals surface area (Å²) in [7, 11) is -3.66. The summed E-state index contributed by atoms with van der Waals surface area (Å²) in [6.45, 7) is 3.43. The second-order valence-corrected chi connectivity index (χ2v) is 8.56. The van der Waals surface area contributed by atoms with Gasteiger partial charge in [0.25, 0.3) is 10.0 Å². The van der Waals surface area contributed by atoms with Gasteiger partial charge in [-0.05, 0) is 36.3 Å². The van der Waals surface area contributed by atoms with E-state index in [-0.39, 0.29) is 12.5 Å². The lowest BCUT2D eigenvalue weighted by atomic mass is 10.0. The lowest BCUT2D eigenvalue weighted by Crippen LogP contribution is -2.45. The van der Waals surface area contributed by atoms with E-state index < -0.39 is 10.0 Å². The number of hydrogen-bond donors (Lipinski definition) is 0. The highest BCUT2D eigenvalue weighted by atomic mass is 32.2. The SMILES string of the molecule is C[C@@H]1CCCN(C(=O)CN2c3cccc4cccc(c34)S2(=O)=O)C1.